The number of nitrogen functional groups attached to an aromatic ring is 1. The first-order valence-electron chi connectivity index (χ1n) is 6.56. The van der Waals surface area contributed by atoms with Crippen molar-refractivity contribution in [2.75, 3.05) is 18.2 Å². The Kier molecular flexibility index (Phi) is 4.35. The van der Waals surface area contributed by atoms with Crippen molar-refractivity contribution in [1.29, 1.82) is 0 Å². The van der Waals surface area contributed by atoms with Crippen LogP contribution in [0.4, 0.5) is 17.1 Å². The lowest BCUT2D eigenvalue weighted by molar-refractivity contribution is 0.244. The molecule has 0 heterocycles. The van der Waals surface area contributed by atoms with Gasteiger partial charge in [0.25, 0.3) is 0 Å². The third-order valence-electron chi connectivity index (χ3n) is 2.80. The Morgan fingerprint density at radius 2 is 1.75 bits per heavy atom. The second kappa shape index (κ2) is 6.19. The molecule has 0 amide bonds. The van der Waals surface area contributed by atoms with E-state index >= 15 is 0 Å². The number of hydrogen-bond acceptors (Lipinski definition) is 4. The van der Waals surface area contributed by atoms with E-state index in [9.17, 15) is 0 Å². The molecule has 3 N–H and O–H groups in total. The van der Waals surface area contributed by atoms with E-state index in [0.29, 0.717) is 11.4 Å². The van der Waals surface area contributed by atoms with Crippen LogP contribution in [0.25, 0.3) is 0 Å². The van der Waals surface area contributed by atoms with Crippen LogP contribution in [0.1, 0.15) is 13.8 Å². The quantitative estimate of drug-likeness (QED) is 0.813. The summed E-state index contributed by atoms with van der Waals surface area (Å²) in [6.07, 6.45) is 0.0912. The molecule has 2 aromatic rings. The molecule has 0 saturated heterocycles. The van der Waals surface area contributed by atoms with Crippen molar-refractivity contribution in [2.24, 2.45) is 0 Å². The number of nitrogens with two attached hydrogens (primary N) is 1. The van der Waals surface area contributed by atoms with Crippen LogP contribution in [-0.4, -0.2) is 13.2 Å². The maximum Gasteiger partial charge on any atom is 0.144 e. The monoisotopic (exact) mass is 272 g/mol. The molecule has 0 spiro atoms. The highest BCUT2D eigenvalue weighted by Crippen LogP contribution is 2.32. The molecule has 0 fully saturated rings. The molecule has 0 aromatic heterocycles. The van der Waals surface area contributed by atoms with Crippen molar-refractivity contribution >= 4 is 17.1 Å². The Labute approximate surface area is 119 Å². The van der Waals surface area contributed by atoms with E-state index in [-0.39, 0.29) is 6.10 Å². The van der Waals surface area contributed by atoms with Crippen molar-refractivity contribution in [3.05, 3.63) is 42.5 Å². The van der Waals surface area contributed by atoms with E-state index in [2.05, 4.69) is 5.32 Å². The summed E-state index contributed by atoms with van der Waals surface area (Å²) in [7, 11) is 1.65. The van der Waals surface area contributed by atoms with Gasteiger partial charge in [0, 0.05) is 5.69 Å². The summed E-state index contributed by atoms with van der Waals surface area (Å²) in [4.78, 5) is 0. The topological polar surface area (TPSA) is 56.5 Å². The van der Waals surface area contributed by atoms with Crippen LogP contribution in [0, 0.1) is 0 Å². The molecule has 0 aliphatic carbocycles. The lowest BCUT2D eigenvalue weighted by atomic mass is 10.2. The summed E-state index contributed by atoms with van der Waals surface area (Å²) >= 11 is 0. The van der Waals surface area contributed by atoms with Gasteiger partial charge in [-0.2, -0.15) is 0 Å². The van der Waals surface area contributed by atoms with E-state index < -0.39 is 0 Å². The first-order chi connectivity index (χ1) is 9.60. The molecule has 20 heavy (non-hydrogen) atoms. The zero-order valence-electron chi connectivity index (χ0n) is 12.0. The minimum absolute atomic E-state index is 0.0912. The highest BCUT2D eigenvalue weighted by molar-refractivity contribution is 5.77. The third kappa shape index (κ3) is 3.35. The highest BCUT2D eigenvalue weighted by atomic mass is 16.5. The molecule has 0 radical (unpaired) electrons. The van der Waals surface area contributed by atoms with E-state index in [0.717, 1.165) is 17.1 Å². The fraction of sp³-hybridized carbons (Fsp3) is 0.250. The predicted molar refractivity (Wildman–Crippen MR) is 82.9 cm³/mol. The molecule has 0 aliphatic rings. The maximum atomic E-state index is 6.12. The molecule has 2 aromatic carbocycles. The summed E-state index contributed by atoms with van der Waals surface area (Å²) in [5.41, 5.74) is 8.50. The summed E-state index contributed by atoms with van der Waals surface area (Å²) in [6.45, 7) is 3.95. The number of anilines is 3. The van der Waals surface area contributed by atoms with Gasteiger partial charge in [0.1, 0.15) is 11.5 Å². The van der Waals surface area contributed by atoms with E-state index in [1.54, 1.807) is 7.11 Å². The van der Waals surface area contributed by atoms with Crippen LogP contribution in [0.15, 0.2) is 42.5 Å². The Morgan fingerprint density at radius 1 is 1.05 bits per heavy atom. The van der Waals surface area contributed by atoms with Gasteiger partial charge in [-0.3, -0.25) is 0 Å². The smallest absolute Gasteiger partial charge is 0.144 e. The molecule has 4 heteroatoms. The molecular weight excluding hydrogens is 252 g/mol. The number of rotatable bonds is 5. The van der Waals surface area contributed by atoms with Crippen LogP contribution >= 0.6 is 0 Å². The van der Waals surface area contributed by atoms with Crippen LogP contribution in [0.3, 0.4) is 0 Å². The standard InChI is InChI=1S/C16H20N2O2/c1-11(2)20-15-6-4-5-14(16(15)17)18-12-7-9-13(19-3)10-8-12/h4-11,18H,17H2,1-3H3. The normalized spacial score (nSPS) is 10.4. The molecule has 2 rings (SSSR count). The fourth-order valence-electron chi connectivity index (χ4n) is 1.84. The van der Waals surface area contributed by atoms with Crippen molar-refractivity contribution < 1.29 is 9.47 Å². The molecule has 4 nitrogen and oxygen atoms in total. The Morgan fingerprint density at radius 3 is 2.35 bits per heavy atom. The van der Waals surface area contributed by atoms with Gasteiger partial charge >= 0.3 is 0 Å². The zero-order valence-corrected chi connectivity index (χ0v) is 12.0. The summed E-state index contributed by atoms with van der Waals surface area (Å²) in [5.74, 6) is 1.51. The number of para-hydroxylation sites is 1. The number of nitrogens with one attached hydrogen (secondary N) is 1. The van der Waals surface area contributed by atoms with Gasteiger partial charge in [0.2, 0.25) is 0 Å². The number of benzene rings is 2. The van der Waals surface area contributed by atoms with E-state index in [4.69, 9.17) is 15.2 Å². The summed E-state index contributed by atoms with van der Waals surface area (Å²) in [6, 6.07) is 13.4. The SMILES string of the molecule is COc1ccc(Nc2cccc(OC(C)C)c2N)cc1. The molecule has 0 bridgehead atoms. The van der Waals surface area contributed by atoms with Crippen LogP contribution in [0.2, 0.25) is 0 Å². The number of ether oxygens (including phenoxy) is 2. The van der Waals surface area contributed by atoms with Gasteiger partial charge in [-0.1, -0.05) is 6.07 Å². The largest absolute Gasteiger partial charge is 0.497 e. The Balaban J connectivity index is 2.20. The number of methoxy groups -OCH3 is 1. The second-order valence-electron chi connectivity index (χ2n) is 4.74. The number of hydrogen-bond donors (Lipinski definition) is 2. The minimum Gasteiger partial charge on any atom is -0.497 e. The molecule has 0 atom stereocenters. The lowest BCUT2D eigenvalue weighted by Crippen LogP contribution is -2.08. The summed E-state index contributed by atoms with van der Waals surface area (Å²) in [5, 5.41) is 3.28. The molecule has 106 valence electrons. The van der Waals surface area contributed by atoms with E-state index in [1.165, 1.54) is 0 Å². The first-order valence-corrected chi connectivity index (χ1v) is 6.56. The highest BCUT2D eigenvalue weighted by Gasteiger charge is 2.07. The van der Waals surface area contributed by atoms with Gasteiger partial charge in [0.15, 0.2) is 0 Å². The Bertz CT molecular complexity index is 565. The Hall–Kier alpha value is -2.36. The van der Waals surface area contributed by atoms with Gasteiger partial charge in [-0.25, -0.2) is 0 Å². The maximum absolute atomic E-state index is 6.12. The average Bonchev–Trinajstić information content (AvgIpc) is 2.43. The summed E-state index contributed by atoms with van der Waals surface area (Å²) < 4.78 is 10.8. The molecular formula is C16H20N2O2. The van der Waals surface area contributed by atoms with Gasteiger partial charge < -0.3 is 20.5 Å². The zero-order chi connectivity index (χ0) is 14.5. The molecule has 0 unspecified atom stereocenters. The van der Waals surface area contributed by atoms with Crippen LogP contribution in [-0.2, 0) is 0 Å². The fourth-order valence-corrected chi connectivity index (χ4v) is 1.84. The van der Waals surface area contributed by atoms with Crippen LogP contribution < -0.4 is 20.5 Å². The van der Waals surface area contributed by atoms with Crippen molar-refractivity contribution in [3.63, 3.8) is 0 Å². The van der Waals surface area contributed by atoms with Crippen molar-refractivity contribution in [3.8, 4) is 11.5 Å². The molecule has 0 saturated carbocycles. The van der Waals surface area contributed by atoms with Crippen molar-refractivity contribution in [1.82, 2.24) is 0 Å². The van der Waals surface area contributed by atoms with E-state index in [1.807, 2.05) is 56.3 Å². The lowest BCUT2D eigenvalue weighted by Gasteiger charge is -2.16. The molecule has 0 aliphatic heterocycles. The van der Waals surface area contributed by atoms with Crippen LogP contribution in [0.5, 0.6) is 11.5 Å². The van der Waals surface area contributed by atoms with Gasteiger partial charge in [-0.15, -0.1) is 0 Å². The second-order valence-corrected chi connectivity index (χ2v) is 4.74. The van der Waals surface area contributed by atoms with Gasteiger partial charge in [0.05, 0.1) is 24.6 Å². The minimum atomic E-state index is 0.0912. The predicted octanol–water partition coefficient (Wildman–Crippen LogP) is 3.81. The average molecular weight is 272 g/mol. The first kappa shape index (κ1) is 14.1. The van der Waals surface area contributed by atoms with Crippen molar-refractivity contribution in [2.45, 2.75) is 20.0 Å². The third-order valence-corrected chi connectivity index (χ3v) is 2.80. The van der Waals surface area contributed by atoms with Gasteiger partial charge in [-0.05, 0) is 50.2 Å².